The summed E-state index contributed by atoms with van der Waals surface area (Å²) in [6.45, 7) is 12.1. The maximum Gasteiger partial charge on any atom is 0.343 e. The van der Waals surface area contributed by atoms with Crippen molar-refractivity contribution in [1.29, 1.82) is 0 Å². The third kappa shape index (κ3) is 6.90. The SMILES string of the molecule is C[Si](C)(C)OC(=O)C(Cc1ccc(O[Si](C)(C)C)cc1)=NO. The molecule has 0 amide bonds. The van der Waals surface area contributed by atoms with Crippen molar-refractivity contribution in [3.05, 3.63) is 29.8 Å². The van der Waals surface area contributed by atoms with Gasteiger partial charge in [-0.05, 0) is 57.0 Å². The highest BCUT2D eigenvalue weighted by atomic mass is 28.4. The van der Waals surface area contributed by atoms with Gasteiger partial charge in [0.1, 0.15) is 5.75 Å². The first-order valence-corrected chi connectivity index (χ1v) is 14.0. The van der Waals surface area contributed by atoms with Crippen molar-refractivity contribution in [2.45, 2.75) is 45.7 Å². The second kappa shape index (κ2) is 7.10. The maximum atomic E-state index is 12.0. The fourth-order valence-corrected chi connectivity index (χ4v) is 3.22. The van der Waals surface area contributed by atoms with Crippen molar-refractivity contribution in [3.8, 4) is 5.75 Å². The number of rotatable bonds is 6. The molecule has 1 rings (SSSR count). The highest BCUT2D eigenvalue weighted by molar-refractivity contribution is 6.72. The minimum Gasteiger partial charge on any atom is -0.544 e. The molecule has 122 valence electrons. The smallest absolute Gasteiger partial charge is 0.343 e. The third-order valence-electron chi connectivity index (χ3n) is 2.47. The molecule has 1 aromatic carbocycles. The van der Waals surface area contributed by atoms with Gasteiger partial charge in [-0.2, -0.15) is 0 Å². The number of oxime groups is 1. The molecule has 0 atom stereocenters. The van der Waals surface area contributed by atoms with Crippen molar-refractivity contribution >= 4 is 28.3 Å². The summed E-state index contributed by atoms with van der Waals surface area (Å²) in [7, 11) is -3.64. The van der Waals surface area contributed by atoms with Gasteiger partial charge in [0.25, 0.3) is 0 Å². The Labute approximate surface area is 134 Å². The van der Waals surface area contributed by atoms with Gasteiger partial charge in [0.2, 0.25) is 16.6 Å². The molecule has 0 aliphatic rings. The van der Waals surface area contributed by atoms with E-state index < -0.39 is 22.6 Å². The highest BCUT2D eigenvalue weighted by Gasteiger charge is 2.24. The highest BCUT2D eigenvalue weighted by Crippen LogP contribution is 2.17. The first kappa shape index (κ1) is 18.4. The van der Waals surface area contributed by atoms with Gasteiger partial charge in [-0.3, -0.25) is 0 Å². The summed E-state index contributed by atoms with van der Waals surface area (Å²) in [4.78, 5) is 12.0. The lowest BCUT2D eigenvalue weighted by Gasteiger charge is -2.19. The van der Waals surface area contributed by atoms with Gasteiger partial charge in [-0.25, -0.2) is 4.79 Å². The molecule has 7 heteroatoms. The van der Waals surface area contributed by atoms with Crippen LogP contribution < -0.4 is 4.43 Å². The lowest BCUT2D eigenvalue weighted by molar-refractivity contribution is -0.127. The van der Waals surface area contributed by atoms with E-state index in [-0.39, 0.29) is 12.1 Å². The number of hydrogen-bond acceptors (Lipinski definition) is 5. The van der Waals surface area contributed by atoms with Gasteiger partial charge in [0.15, 0.2) is 5.71 Å². The Hall–Kier alpha value is -1.61. The lowest BCUT2D eigenvalue weighted by atomic mass is 10.1. The molecule has 0 unspecified atom stereocenters. The minimum absolute atomic E-state index is 0.0151. The molecule has 22 heavy (non-hydrogen) atoms. The van der Waals surface area contributed by atoms with Crippen LogP contribution in [0.4, 0.5) is 0 Å². The number of benzene rings is 1. The van der Waals surface area contributed by atoms with Gasteiger partial charge in [0, 0.05) is 6.42 Å². The Morgan fingerprint density at radius 1 is 1.05 bits per heavy atom. The predicted molar refractivity (Wildman–Crippen MR) is 92.8 cm³/mol. The van der Waals surface area contributed by atoms with Crippen LogP contribution in [0.5, 0.6) is 5.75 Å². The van der Waals surface area contributed by atoms with E-state index in [0.717, 1.165) is 11.3 Å². The van der Waals surface area contributed by atoms with Crippen LogP contribution in [0.25, 0.3) is 0 Å². The van der Waals surface area contributed by atoms with Crippen molar-refractivity contribution in [3.63, 3.8) is 0 Å². The molecular formula is C15H25NO4Si2. The largest absolute Gasteiger partial charge is 0.544 e. The average molecular weight is 340 g/mol. The fraction of sp³-hybridized carbons (Fsp3) is 0.467. The molecule has 0 aliphatic carbocycles. The van der Waals surface area contributed by atoms with Gasteiger partial charge < -0.3 is 14.1 Å². The Morgan fingerprint density at radius 2 is 1.59 bits per heavy atom. The summed E-state index contributed by atoms with van der Waals surface area (Å²) in [6.07, 6.45) is 0.229. The number of carbonyl (C=O) groups is 1. The summed E-state index contributed by atoms with van der Waals surface area (Å²) in [5, 5.41) is 12.1. The van der Waals surface area contributed by atoms with Crippen molar-refractivity contribution in [2.75, 3.05) is 0 Å². The van der Waals surface area contributed by atoms with Crippen LogP contribution in [0.2, 0.25) is 39.3 Å². The molecule has 5 nitrogen and oxygen atoms in total. The van der Waals surface area contributed by atoms with E-state index in [1.54, 1.807) is 0 Å². The number of nitrogens with zero attached hydrogens (tertiary/aromatic N) is 1. The van der Waals surface area contributed by atoms with E-state index in [0.29, 0.717) is 0 Å². The van der Waals surface area contributed by atoms with E-state index in [9.17, 15) is 4.79 Å². The lowest BCUT2D eigenvalue weighted by Crippen LogP contribution is -2.33. The van der Waals surface area contributed by atoms with Crippen LogP contribution in [-0.4, -0.2) is 33.5 Å². The zero-order chi connectivity index (χ0) is 17.0. The Kier molecular flexibility index (Phi) is 5.95. The Balaban J connectivity index is 2.75. The van der Waals surface area contributed by atoms with Crippen molar-refractivity contribution in [1.82, 2.24) is 0 Å². The Bertz CT molecular complexity index is 542. The van der Waals surface area contributed by atoms with Crippen LogP contribution in [0.1, 0.15) is 5.56 Å². The molecule has 0 saturated carbocycles. The zero-order valence-corrected chi connectivity index (χ0v) is 16.1. The molecular weight excluding hydrogens is 314 g/mol. The summed E-state index contributed by atoms with van der Waals surface area (Å²) in [5.41, 5.74) is 0.879. The van der Waals surface area contributed by atoms with E-state index in [2.05, 4.69) is 24.8 Å². The first-order valence-electron chi connectivity index (χ1n) is 7.22. The number of carbonyl (C=O) groups excluding carboxylic acids is 1. The van der Waals surface area contributed by atoms with Crippen LogP contribution >= 0.6 is 0 Å². The maximum absolute atomic E-state index is 12.0. The average Bonchev–Trinajstić information content (AvgIpc) is 2.33. The number of hydrogen-bond donors (Lipinski definition) is 1. The molecule has 1 N–H and O–H groups in total. The minimum atomic E-state index is -2.01. The normalized spacial score (nSPS) is 12.9. The topological polar surface area (TPSA) is 68.1 Å². The van der Waals surface area contributed by atoms with E-state index in [4.69, 9.17) is 14.1 Å². The van der Waals surface area contributed by atoms with Gasteiger partial charge in [0.05, 0.1) is 0 Å². The predicted octanol–water partition coefficient (Wildman–Crippen LogP) is 3.65. The first-order chi connectivity index (χ1) is 10.00. The molecule has 0 heterocycles. The quantitative estimate of drug-likeness (QED) is 0.372. The monoisotopic (exact) mass is 339 g/mol. The molecule has 0 saturated heterocycles. The summed E-state index contributed by atoms with van der Waals surface area (Å²) >= 11 is 0. The summed E-state index contributed by atoms with van der Waals surface area (Å²) < 4.78 is 11.2. The van der Waals surface area contributed by atoms with Crippen molar-refractivity contribution in [2.24, 2.45) is 5.16 Å². The van der Waals surface area contributed by atoms with Crippen LogP contribution in [0.15, 0.2) is 29.4 Å². The second-order valence-corrected chi connectivity index (χ2v) is 15.9. The second-order valence-electron chi connectivity index (χ2n) is 7.08. The molecule has 0 spiro atoms. The van der Waals surface area contributed by atoms with Crippen molar-refractivity contribution < 1.29 is 18.9 Å². The van der Waals surface area contributed by atoms with Gasteiger partial charge in [-0.15, -0.1) is 0 Å². The van der Waals surface area contributed by atoms with E-state index in [1.165, 1.54) is 0 Å². The van der Waals surface area contributed by atoms with Gasteiger partial charge in [-0.1, -0.05) is 17.3 Å². The fourth-order valence-electron chi connectivity index (χ4n) is 1.71. The van der Waals surface area contributed by atoms with Gasteiger partial charge >= 0.3 is 5.97 Å². The molecule has 0 aliphatic heterocycles. The summed E-state index contributed by atoms with van der Waals surface area (Å²) in [6, 6.07) is 7.46. The molecule has 0 fully saturated rings. The standard InChI is InChI=1S/C15H25NO4Si2/c1-21(2,3)19-13-9-7-12(8-10-13)11-14(16-18)15(17)20-22(4,5)6/h7-10,18H,11H2,1-6H3. The van der Waals surface area contributed by atoms with Crippen LogP contribution in [0.3, 0.4) is 0 Å². The molecule has 1 aromatic rings. The zero-order valence-electron chi connectivity index (χ0n) is 14.1. The molecule has 0 bridgehead atoms. The van der Waals surface area contributed by atoms with Crippen LogP contribution in [0, 0.1) is 0 Å². The summed E-state index contributed by atoms with van der Waals surface area (Å²) in [5.74, 6) is 0.263. The van der Waals surface area contributed by atoms with E-state index >= 15 is 0 Å². The van der Waals surface area contributed by atoms with E-state index in [1.807, 2.05) is 43.9 Å². The molecule has 0 radical (unpaired) electrons. The van der Waals surface area contributed by atoms with Crippen LogP contribution in [-0.2, 0) is 15.6 Å². The Morgan fingerprint density at radius 3 is 2.00 bits per heavy atom. The molecule has 0 aromatic heterocycles. The third-order valence-corrected chi connectivity index (χ3v) is 4.12.